The highest BCUT2D eigenvalue weighted by Gasteiger charge is 2.25. The van der Waals surface area contributed by atoms with Gasteiger partial charge in [-0.25, -0.2) is 9.78 Å². The zero-order valence-corrected chi connectivity index (χ0v) is 12.2. The highest BCUT2D eigenvalue weighted by atomic mass is 16.1. The third-order valence-corrected chi connectivity index (χ3v) is 5.00. The van der Waals surface area contributed by atoms with E-state index in [0.29, 0.717) is 5.92 Å². The quantitative estimate of drug-likeness (QED) is 0.758. The normalized spacial score (nSPS) is 18.5. The van der Waals surface area contributed by atoms with E-state index in [4.69, 9.17) is 0 Å². The van der Waals surface area contributed by atoms with Crippen LogP contribution in [0.2, 0.25) is 0 Å². The molecule has 3 heterocycles. The van der Waals surface area contributed by atoms with Gasteiger partial charge in [-0.2, -0.15) is 0 Å². The van der Waals surface area contributed by atoms with Gasteiger partial charge in [0.05, 0.1) is 17.2 Å². The lowest BCUT2D eigenvalue weighted by Crippen LogP contribution is -2.27. The van der Waals surface area contributed by atoms with E-state index in [1.165, 1.54) is 32.1 Å². The lowest BCUT2D eigenvalue weighted by Gasteiger charge is -2.28. The summed E-state index contributed by atoms with van der Waals surface area (Å²) in [5.41, 5.74) is 2.64. The van der Waals surface area contributed by atoms with Crippen molar-refractivity contribution < 1.29 is 0 Å². The third kappa shape index (κ3) is 1.91. The van der Waals surface area contributed by atoms with Crippen molar-refractivity contribution in [2.24, 2.45) is 5.92 Å². The second kappa shape index (κ2) is 4.76. The van der Waals surface area contributed by atoms with Crippen molar-refractivity contribution in [3.05, 3.63) is 28.9 Å². The Bertz CT molecular complexity index is 835. The Balaban J connectivity index is 1.92. The van der Waals surface area contributed by atoms with Crippen LogP contribution in [0.5, 0.6) is 0 Å². The number of imidazole rings is 1. The van der Waals surface area contributed by atoms with Gasteiger partial charge >= 0.3 is 5.69 Å². The molecule has 0 aliphatic heterocycles. The Morgan fingerprint density at radius 2 is 2.14 bits per heavy atom. The minimum atomic E-state index is -0.0152. The van der Waals surface area contributed by atoms with Gasteiger partial charge in [0.15, 0.2) is 0 Å². The number of hydrogen-bond donors (Lipinski definition) is 2. The van der Waals surface area contributed by atoms with Gasteiger partial charge in [0.2, 0.25) is 0 Å². The molecule has 3 aromatic heterocycles. The van der Waals surface area contributed by atoms with Gasteiger partial charge in [0.1, 0.15) is 5.65 Å². The van der Waals surface area contributed by atoms with Crippen molar-refractivity contribution in [1.29, 1.82) is 0 Å². The van der Waals surface area contributed by atoms with E-state index in [1.807, 2.05) is 16.8 Å². The fourth-order valence-electron chi connectivity index (χ4n) is 3.84. The maximum atomic E-state index is 12.5. The van der Waals surface area contributed by atoms with Gasteiger partial charge < -0.3 is 9.97 Å². The average Bonchev–Trinajstić information content (AvgIpc) is 3.10. The van der Waals surface area contributed by atoms with Crippen LogP contribution in [-0.2, 0) is 0 Å². The Morgan fingerprint density at radius 1 is 1.33 bits per heavy atom. The second-order valence-corrected chi connectivity index (χ2v) is 6.20. The topological polar surface area (TPSA) is 66.5 Å². The molecule has 4 rings (SSSR count). The molecule has 0 bridgehead atoms. The molecule has 0 unspecified atom stereocenters. The summed E-state index contributed by atoms with van der Waals surface area (Å²) in [4.78, 5) is 22.9. The zero-order chi connectivity index (χ0) is 14.4. The van der Waals surface area contributed by atoms with E-state index in [9.17, 15) is 4.79 Å². The smallest absolute Gasteiger partial charge is 0.326 e. The van der Waals surface area contributed by atoms with Gasteiger partial charge in [-0.3, -0.25) is 4.57 Å². The van der Waals surface area contributed by atoms with Crippen molar-refractivity contribution >= 4 is 22.1 Å². The number of hydrogen-bond acceptors (Lipinski definition) is 2. The molecule has 0 radical (unpaired) electrons. The highest BCUT2D eigenvalue weighted by Crippen LogP contribution is 2.34. The van der Waals surface area contributed by atoms with Gasteiger partial charge in [0.25, 0.3) is 0 Å². The van der Waals surface area contributed by atoms with E-state index in [2.05, 4.69) is 21.9 Å². The molecule has 3 aromatic rings. The molecule has 2 N–H and O–H groups in total. The lowest BCUT2D eigenvalue weighted by atomic mass is 9.84. The maximum absolute atomic E-state index is 12.5. The number of aromatic amines is 2. The molecule has 1 saturated carbocycles. The Morgan fingerprint density at radius 3 is 2.95 bits per heavy atom. The molecule has 21 heavy (non-hydrogen) atoms. The summed E-state index contributed by atoms with van der Waals surface area (Å²) < 4.78 is 1.95. The fraction of sp³-hybridized carbons (Fsp3) is 0.500. The summed E-state index contributed by atoms with van der Waals surface area (Å²) in [6, 6.07) is 2.23. The molecule has 1 aliphatic carbocycles. The average molecular weight is 284 g/mol. The standard InChI is InChI=1S/C16H20N4O/c1-10(11-5-3-2-4-6-11)20-14-12-7-8-17-15(12)18-9-13(14)19-16(20)21/h7-11H,2-6H2,1H3,(H,17,18)(H,19,21)/t10-/m1/s1. The SMILES string of the molecule is C[C@H](C1CCCCC1)n1c(=O)[nH]c2cnc3[nH]ccc3c21. The molecule has 0 aromatic carbocycles. The van der Waals surface area contributed by atoms with Crippen LogP contribution < -0.4 is 5.69 Å². The number of pyridine rings is 1. The van der Waals surface area contributed by atoms with Crippen LogP contribution in [0.25, 0.3) is 22.1 Å². The maximum Gasteiger partial charge on any atom is 0.326 e. The van der Waals surface area contributed by atoms with Crippen molar-refractivity contribution in [3.8, 4) is 0 Å². The minimum Gasteiger partial charge on any atom is -0.346 e. The van der Waals surface area contributed by atoms with E-state index in [-0.39, 0.29) is 11.7 Å². The van der Waals surface area contributed by atoms with Crippen LogP contribution in [-0.4, -0.2) is 19.5 Å². The first kappa shape index (κ1) is 12.7. The molecular formula is C16H20N4O. The van der Waals surface area contributed by atoms with Gasteiger partial charge in [0, 0.05) is 17.6 Å². The van der Waals surface area contributed by atoms with Crippen molar-refractivity contribution in [2.45, 2.75) is 45.1 Å². The van der Waals surface area contributed by atoms with Crippen LogP contribution in [0, 0.1) is 5.92 Å². The molecule has 0 amide bonds. The molecule has 1 atom stereocenters. The molecule has 5 heteroatoms. The zero-order valence-electron chi connectivity index (χ0n) is 12.2. The molecular weight excluding hydrogens is 264 g/mol. The van der Waals surface area contributed by atoms with E-state index in [0.717, 1.165) is 22.1 Å². The first-order valence-corrected chi connectivity index (χ1v) is 7.82. The van der Waals surface area contributed by atoms with Crippen LogP contribution in [0.1, 0.15) is 45.1 Å². The van der Waals surface area contributed by atoms with Gasteiger partial charge in [-0.15, -0.1) is 0 Å². The first-order chi connectivity index (χ1) is 10.3. The molecule has 1 fully saturated rings. The molecule has 0 spiro atoms. The number of fused-ring (bicyclic) bond motifs is 3. The van der Waals surface area contributed by atoms with Gasteiger partial charge in [-0.1, -0.05) is 19.3 Å². The minimum absolute atomic E-state index is 0.0152. The first-order valence-electron chi connectivity index (χ1n) is 7.82. The van der Waals surface area contributed by atoms with Crippen LogP contribution in [0.15, 0.2) is 23.3 Å². The molecule has 1 aliphatic rings. The van der Waals surface area contributed by atoms with Crippen molar-refractivity contribution in [2.75, 3.05) is 0 Å². The highest BCUT2D eigenvalue weighted by molar-refractivity contribution is 6.00. The second-order valence-electron chi connectivity index (χ2n) is 6.20. The Hall–Kier alpha value is -2.04. The third-order valence-electron chi connectivity index (χ3n) is 5.00. The number of rotatable bonds is 2. The van der Waals surface area contributed by atoms with E-state index < -0.39 is 0 Å². The van der Waals surface area contributed by atoms with E-state index in [1.54, 1.807) is 6.20 Å². The Labute approximate surface area is 122 Å². The number of nitrogens with zero attached hydrogens (tertiary/aromatic N) is 2. The summed E-state index contributed by atoms with van der Waals surface area (Å²) in [5, 5.41) is 1.02. The number of aromatic nitrogens is 4. The van der Waals surface area contributed by atoms with Crippen LogP contribution in [0.4, 0.5) is 0 Å². The molecule has 5 nitrogen and oxygen atoms in total. The largest absolute Gasteiger partial charge is 0.346 e. The predicted octanol–water partition coefficient (Wildman–Crippen LogP) is 3.35. The monoisotopic (exact) mass is 284 g/mol. The predicted molar refractivity (Wildman–Crippen MR) is 83.5 cm³/mol. The summed E-state index contributed by atoms with van der Waals surface area (Å²) in [5.74, 6) is 0.595. The van der Waals surface area contributed by atoms with Crippen LogP contribution in [0.3, 0.4) is 0 Å². The molecule has 0 saturated heterocycles. The van der Waals surface area contributed by atoms with Crippen molar-refractivity contribution in [1.82, 2.24) is 19.5 Å². The summed E-state index contributed by atoms with van der Waals surface area (Å²) >= 11 is 0. The van der Waals surface area contributed by atoms with E-state index >= 15 is 0 Å². The van der Waals surface area contributed by atoms with Gasteiger partial charge in [-0.05, 0) is 31.7 Å². The van der Waals surface area contributed by atoms with Crippen LogP contribution >= 0.6 is 0 Å². The number of H-pyrrole nitrogens is 2. The lowest BCUT2D eigenvalue weighted by molar-refractivity contribution is 0.264. The summed E-state index contributed by atoms with van der Waals surface area (Å²) in [7, 11) is 0. The fourth-order valence-corrected chi connectivity index (χ4v) is 3.84. The van der Waals surface area contributed by atoms with Crippen molar-refractivity contribution in [3.63, 3.8) is 0 Å². The summed E-state index contributed by atoms with van der Waals surface area (Å²) in [6.07, 6.45) is 9.98. The molecule has 110 valence electrons. The Kier molecular flexibility index (Phi) is 2.87. The number of nitrogens with one attached hydrogen (secondary N) is 2. The summed E-state index contributed by atoms with van der Waals surface area (Å²) in [6.45, 7) is 2.18.